The molecule has 7 aromatic carbocycles. The van der Waals surface area contributed by atoms with Crippen LogP contribution in [0.1, 0.15) is 33.4 Å². The topological polar surface area (TPSA) is 37.4 Å². The number of hydrogen-bond acceptors (Lipinski definition) is 6. The van der Waals surface area contributed by atoms with Crippen LogP contribution in [-0.2, 0) is 0 Å². The first-order valence-corrected chi connectivity index (χ1v) is 19.0. The van der Waals surface area contributed by atoms with E-state index in [1.165, 1.54) is 27.5 Å². The molecular weight excluding hydrogens is 677 g/mol. The fraction of sp³-hybridized carbons (Fsp3) is 0.125. The number of hydrogen-bond donors (Lipinski definition) is 0. The number of ether oxygens (including phenoxy) is 3. The summed E-state index contributed by atoms with van der Waals surface area (Å²) >= 11 is 0. The molecule has 0 bridgehead atoms. The highest BCUT2D eigenvalue weighted by molar-refractivity contribution is 7.00. The lowest BCUT2D eigenvalue weighted by Gasteiger charge is -2.48. The molecule has 0 aromatic heterocycles. The highest BCUT2D eigenvalue weighted by Crippen LogP contribution is 2.59. The first kappa shape index (κ1) is 30.8. The molecule has 0 saturated heterocycles. The molecule has 5 aliphatic heterocycles. The number of fused-ring (bicyclic) bond motifs is 10. The Morgan fingerprint density at radius 3 is 1.09 bits per heavy atom. The second-order valence-corrected chi connectivity index (χ2v) is 15.9. The van der Waals surface area contributed by atoms with Gasteiger partial charge in [-0.25, -0.2) is 0 Å². The molecule has 0 spiro atoms. The minimum atomic E-state index is -0.0605. The van der Waals surface area contributed by atoms with Gasteiger partial charge in [-0.2, -0.15) is 0 Å². The van der Waals surface area contributed by atoms with Gasteiger partial charge in [0.1, 0.15) is 0 Å². The highest BCUT2D eigenvalue weighted by Gasteiger charge is 2.49. The fourth-order valence-corrected chi connectivity index (χ4v) is 9.56. The summed E-state index contributed by atoms with van der Waals surface area (Å²) in [6.45, 7) is 12.8. The van der Waals surface area contributed by atoms with Crippen LogP contribution in [0.4, 0.5) is 51.2 Å². The van der Waals surface area contributed by atoms with E-state index in [2.05, 4.69) is 165 Å². The minimum absolute atomic E-state index is 0.0605. The first-order valence-electron chi connectivity index (χ1n) is 19.0. The summed E-state index contributed by atoms with van der Waals surface area (Å²) in [7, 11) is 0. The second kappa shape index (κ2) is 10.5. The second-order valence-electron chi connectivity index (χ2n) is 15.9. The minimum Gasteiger partial charge on any atom is -0.453 e. The van der Waals surface area contributed by atoms with Crippen molar-refractivity contribution >= 4 is 74.3 Å². The Hall–Kier alpha value is -6.60. The van der Waals surface area contributed by atoms with Gasteiger partial charge in [0.05, 0.1) is 39.8 Å². The van der Waals surface area contributed by atoms with E-state index in [0.29, 0.717) is 0 Å². The van der Waals surface area contributed by atoms with Crippen LogP contribution in [0, 0.1) is 41.5 Å². The predicted octanol–water partition coefficient (Wildman–Crippen LogP) is 11.4. The van der Waals surface area contributed by atoms with Crippen molar-refractivity contribution in [1.29, 1.82) is 0 Å². The zero-order chi connectivity index (χ0) is 37.0. The van der Waals surface area contributed by atoms with Gasteiger partial charge >= 0.3 is 0 Å². The third-order valence-electron chi connectivity index (χ3n) is 11.8. The summed E-state index contributed by atoms with van der Waals surface area (Å²) in [5.74, 6) is 5.15. The van der Waals surface area contributed by atoms with Crippen molar-refractivity contribution in [3.8, 4) is 34.5 Å². The predicted molar refractivity (Wildman–Crippen MR) is 224 cm³/mol. The van der Waals surface area contributed by atoms with Crippen molar-refractivity contribution < 1.29 is 14.2 Å². The van der Waals surface area contributed by atoms with E-state index in [0.717, 1.165) is 108 Å². The lowest BCUT2D eigenvalue weighted by atomic mass is 9.33. The monoisotopic (exact) mass is 713 g/mol. The van der Waals surface area contributed by atoms with Crippen LogP contribution < -0.4 is 45.3 Å². The smallest absolute Gasteiger partial charge is 0.252 e. The maximum absolute atomic E-state index is 6.85. The summed E-state index contributed by atoms with van der Waals surface area (Å²) in [4.78, 5) is 7.31. The van der Waals surface area contributed by atoms with Crippen molar-refractivity contribution in [3.05, 3.63) is 143 Å². The number of nitrogens with zero attached hydrogens (tertiary/aromatic N) is 3. The molecule has 0 radical (unpaired) electrons. The zero-order valence-corrected chi connectivity index (χ0v) is 31.5. The van der Waals surface area contributed by atoms with E-state index in [9.17, 15) is 0 Å². The van der Waals surface area contributed by atoms with E-state index in [4.69, 9.17) is 14.2 Å². The van der Waals surface area contributed by atoms with Gasteiger partial charge in [-0.15, -0.1) is 0 Å². The van der Waals surface area contributed by atoms with Gasteiger partial charge in [-0.3, -0.25) is 0 Å². The molecule has 5 aliphatic rings. The summed E-state index contributed by atoms with van der Waals surface area (Å²) in [6.07, 6.45) is 0. The average Bonchev–Trinajstić information content (AvgIpc) is 3.14. The van der Waals surface area contributed by atoms with Gasteiger partial charge < -0.3 is 28.9 Å². The quantitative estimate of drug-likeness (QED) is 0.158. The van der Waals surface area contributed by atoms with Crippen molar-refractivity contribution in [2.24, 2.45) is 0 Å². The molecule has 0 amide bonds. The normalized spacial score (nSPS) is 14.3. The van der Waals surface area contributed by atoms with E-state index < -0.39 is 0 Å². The maximum atomic E-state index is 6.85. The summed E-state index contributed by atoms with van der Waals surface area (Å²) in [6, 6.07) is 40.0. The standard InChI is InChI=1S/C48H36BN3O3/c1-25-7-11-34-40(17-25)53-41-18-26(2)8-12-35(41)50(34)31-23-38-46-39(24-31)52-37-14-10-28(4)20-43(37)55-45-22-30(6)16-33(48(45)52)49(46)32-15-29(5)21-44-47(32)51(38)36-13-9-27(3)19-42(36)54-44/h7-24H,1-6H3. The van der Waals surface area contributed by atoms with Gasteiger partial charge in [0, 0.05) is 11.4 Å². The Kier molecular flexibility index (Phi) is 5.91. The van der Waals surface area contributed by atoms with Crippen molar-refractivity contribution in [3.63, 3.8) is 0 Å². The Balaban J connectivity index is 1.23. The number of anilines is 9. The van der Waals surface area contributed by atoms with Gasteiger partial charge in [0.15, 0.2) is 34.5 Å². The van der Waals surface area contributed by atoms with Gasteiger partial charge in [-0.05, 0) is 164 Å². The lowest BCUT2D eigenvalue weighted by Crippen LogP contribution is -2.62. The number of rotatable bonds is 1. The molecule has 0 unspecified atom stereocenters. The van der Waals surface area contributed by atoms with Gasteiger partial charge in [-0.1, -0.05) is 36.4 Å². The molecule has 7 heteroatoms. The number of benzene rings is 7. The molecule has 264 valence electrons. The van der Waals surface area contributed by atoms with Crippen LogP contribution in [0.5, 0.6) is 34.5 Å². The van der Waals surface area contributed by atoms with Crippen molar-refractivity contribution in [2.45, 2.75) is 41.5 Å². The average molecular weight is 714 g/mol. The van der Waals surface area contributed by atoms with Crippen LogP contribution in [0.15, 0.2) is 109 Å². The molecule has 0 atom stereocenters. The van der Waals surface area contributed by atoms with Crippen LogP contribution >= 0.6 is 0 Å². The van der Waals surface area contributed by atoms with Gasteiger partial charge in [0.25, 0.3) is 6.71 Å². The third-order valence-corrected chi connectivity index (χ3v) is 11.8. The molecule has 12 rings (SSSR count). The molecule has 5 heterocycles. The summed E-state index contributed by atoms with van der Waals surface area (Å²) in [5, 5.41) is 0. The highest BCUT2D eigenvalue weighted by atomic mass is 16.5. The molecule has 55 heavy (non-hydrogen) atoms. The van der Waals surface area contributed by atoms with E-state index in [-0.39, 0.29) is 6.71 Å². The van der Waals surface area contributed by atoms with Gasteiger partial charge in [0.2, 0.25) is 0 Å². The zero-order valence-electron chi connectivity index (χ0n) is 31.5. The molecule has 7 aromatic rings. The molecule has 0 fully saturated rings. The van der Waals surface area contributed by atoms with Crippen LogP contribution in [0.3, 0.4) is 0 Å². The van der Waals surface area contributed by atoms with Crippen LogP contribution in [0.25, 0.3) is 0 Å². The molecular formula is C48H36BN3O3. The molecule has 6 nitrogen and oxygen atoms in total. The Morgan fingerprint density at radius 2 is 0.691 bits per heavy atom. The van der Waals surface area contributed by atoms with Crippen LogP contribution in [-0.4, -0.2) is 6.71 Å². The maximum Gasteiger partial charge on any atom is 0.252 e. The van der Waals surface area contributed by atoms with E-state index >= 15 is 0 Å². The Bertz CT molecular complexity index is 2730. The molecule has 0 saturated carbocycles. The largest absolute Gasteiger partial charge is 0.453 e. The summed E-state index contributed by atoms with van der Waals surface area (Å²) in [5.41, 5.74) is 20.2. The third kappa shape index (κ3) is 4.15. The van der Waals surface area contributed by atoms with Crippen LogP contribution in [0.2, 0.25) is 0 Å². The summed E-state index contributed by atoms with van der Waals surface area (Å²) < 4.78 is 20.4. The van der Waals surface area contributed by atoms with E-state index in [1.807, 2.05) is 0 Å². The Morgan fingerprint density at radius 1 is 0.345 bits per heavy atom. The first-order chi connectivity index (χ1) is 26.7. The SMILES string of the molecule is Cc1ccc2c(c1)Oc1cc(C)ccc1N2c1cc2c3c(c1)N1c4ccc(C)cc4Oc4cc(C)cc(c41)B3c1cc(C)cc3c1N2c1ccc(C)cc1O3. The van der Waals surface area contributed by atoms with E-state index in [1.54, 1.807) is 0 Å². The molecule has 0 aliphatic carbocycles. The fourth-order valence-electron chi connectivity index (χ4n) is 9.56. The number of aryl methyl sites for hydroxylation is 6. The lowest BCUT2D eigenvalue weighted by molar-refractivity contribution is 0.476. The van der Waals surface area contributed by atoms with Crippen molar-refractivity contribution in [2.75, 3.05) is 14.7 Å². The Labute approximate surface area is 320 Å². The molecule has 0 N–H and O–H groups in total. The van der Waals surface area contributed by atoms with Crippen molar-refractivity contribution in [1.82, 2.24) is 0 Å².